The molecule has 0 saturated carbocycles. The molecule has 0 bridgehead atoms. The fourth-order valence-electron chi connectivity index (χ4n) is 4.22. The predicted molar refractivity (Wildman–Crippen MR) is 99.2 cm³/mol. The van der Waals surface area contributed by atoms with Gasteiger partial charge in [-0.15, -0.1) is 0 Å². The molecule has 6 nitrogen and oxygen atoms in total. The van der Waals surface area contributed by atoms with Crippen LogP contribution in [0.4, 0.5) is 5.82 Å². The van der Waals surface area contributed by atoms with Gasteiger partial charge in [0, 0.05) is 21.9 Å². The van der Waals surface area contributed by atoms with E-state index in [-0.39, 0.29) is 5.97 Å². The molecule has 4 rings (SSSR count). The third-order valence-corrected chi connectivity index (χ3v) is 6.75. The number of nitrogens with one attached hydrogen (secondary N) is 1. The summed E-state index contributed by atoms with van der Waals surface area (Å²) in [6, 6.07) is 7.66. The van der Waals surface area contributed by atoms with Gasteiger partial charge in [-0.1, -0.05) is 31.5 Å². The summed E-state index contributed by atoms with van der Waals surface area (Å²) in [6.07, 6.45) is 3.25. The van der Waals surface area contributed by atoms with Crippen LogP contribution in [0, 0.1) is 5.92 Å². The predicted octanol–water partition coefficient (Wildman–Crippen LogP) is 2.88. The minimum atomic E-state index is -1.19. The molecule has 2 aromatic rings. The molecule has 1 N–H and O–H groups in total. The number of esters is 1. The van der Waals surface area contributed by atoms with Crippen molar-refractivity contribution < 1.29 is 13.7 Å². The summed E-state index contributed by atoms with van der Waals surface area (Å²) in [5.41, 5.74) is 1.77. The molecule has 2 aliphatic heterocycles. The number of aromatic amines is 1. The number of benzene rings is 1. The van der Waals surface area contributed by atoms with E-state index < -0.39 is 22.1 Å². The maximum Gasteiger partial charge on any atom is 0.315 e. The summed E-state index contributed by atoms with van der Waals surface area (Å²) in [4.78, 5) is 18.5. The zero-order chi connectivity index (χ0) is 18.3. The highest BCUT2D eigenvalue weighted by molar-refractivity contribution is 7.85. The zero-order valence-electron chi connectivity index (χ0n) is 14.8. The lowest BCUT2D eigenvalue weighted by atomic mass is 9.64. The van der Waals surface area contributed by atoms with Crippen LogP contribution in [0.2, 0.25) is 0 Å². The number of carbonyl (C=O) groups excluding carboxylic acids is 1. The molecule has 1 spiro atoms. The lowest BCUT2D eigenvalue weighted by Gasteiger charge is -2.39. The Morgan fingerprint density at radius 3 is 2.92 bits per heavy atom. The number of fused-ring (bicyclic) bond motifs is 4. The number of aliphatic imine (C=N–C) groups is 1. The Balaban J connectivity index is 2.00. The molecule has 26 heavy (non-hydrogen) atoms. The van der Waals surface area contributed by atoms with Crippen LogP contribution in [0.3, 0.4) is 0 Å². The van der Waals surface area contributed by atoms with Gasteiger partial charge < -0.3 is 4.74 Å². The quantitative estimate of drug-likeness (QED) is 0.838. The number of hydrogen-bond acceptors (Lipinski definition) is 5. The Hall–Kier alpha value is -2.28. The molecule has 0 saturated heterocycles. The second-order valence-corrected chi connectivity index (χ2v) is 8.05. The van der Waals surface area contributed by atoms with Crippen molar-refractivity contribution in [3.63, 3.8) is 0 Å². The molecule has 1 aromatic heterocycles. The van der Waals surface area contributed by atoms with Gasteiger partial charge in [0.1, 0.15) is 5.92 Å². The lowest BCUT2D eigenvalue weighted by Crippen LogP contribution is -2.48. The molecule has 3 unspecified atom stereocenters. The van der Waals surface area contributed by atoms with Crippen molar-refractivity contribution in [1.29, 1.82) is 0 Å². The van der Waals surface area contributed by atoms with Crippen LogP contribution in [-0.2, 0) is 25.7 Å². The van der Waals surface area contributed by atoms with Gasteiger partial charge >= 0.3 is 5.97 Å². The monoisotopic (exact) mass is 371 g/mol. The smallest absolute Gasteiger partial charge is 0.315 e. The summed E-state index contributed by atoms with van der Waals surface area (Å²) in [5, 5.41) is 7.12. The van der Waals surface area contributed by atoms with Crippen LogP contribution in [0.5, 0.6) is 0 Å². The standard InChI is InChI=1S/C19H21N3O3S/c1-3-7-14-16(18(23)25-4-2)19(13-10-20-22-17(13)21-14)11-26(24)15-9-6-5-8-12(15)19/h5-6,8-10,16H,3-4,7,11H2,1-2H3,(H,20,22). The van der Waals surface area contributed by atoms with Crippen molar-refractivity contribution in [2.45, 2.75) is 37.0 Å². The average molecular weight is 371 g/mol. The van der Waals surface area contributed by atoms with Crippen LogP contribution in [0.1, 0.15) is 37.8 Å². The molecular formula is C19H21N3O3S. The van der Waals surface area contributed by atoms with Crippen molar-refractivity contribution >= 4 is 28.3 Å². The van der Waals surface area contributed by atoms with Crippen LogP contribution in [0.25, 0.3) is 0 Å². The first-order valence-electron chi connectivity index (χ1n) is 8.89. The number of hydrogen-bond donors (Lipinski definition) is 1. The third-order valence-electron chi connectivity index (χ3n) is 5.18. The molecule has 136 valence electrons. The number of H-pyrrole nitrogens is 1. The van der Waals surface area contributed by atoms with E-state index in [1.54, 1.807) is 13.1 Å². The van der Waals surface area contributed by atoms with Crippen molar-refractivity contribution in [2.24, 2.45) is 10.9 Å². The normalized spacial score (nSPS) is 26.3. The Morgan fingerprint density at radius 1 is 1.35 bits per heavy atom. The highest BCUT2D eigenvalue weighted by Crippen LogP contribution is 2.53. The molecule has 2 aliphatic rings. The van der Waals surface area contributed by atoms with Gasteiger partial charge in [-0.25, -0.2) is 4.99 Å². The SMILES string of the molecule is CCCC1=Nc2[nH]ncc2C2(CS(=O)c3ccccc32)C1C(=O)OCC. The van der Waals surface area contributed by atoms with Crippen LogP contribution in [0.15, 0.2) is 40.4 Å². The van der Waals surface area contributed by atoms with Gasteiger partial charge in [0.05, 0.1) is 29.0 Å². The third kappa shape index (κ3) is 2.30. The highest BCUT2D eigenvalue weighted by atomic mass is 32.2. The second kappa shape index (κ2) is 6.46. The lowest BCUT2D eigenvalue weighted by molar-refractivity contribution is -0.147. The average Bonchev–Trinajstić information content (AvgIpc) is 3.20. The van der Waals surface area contributed by atoms with E-state index in [0.29, 0.717) is 24.6 Å². The van der Waals surface area contributed by atoms with Crippen molar-refractivity contribution in [3.05, 3.63) is 41.6 Å². The van der Waals surface area contributed by atoms with Crippen LogP contribution >= 0.6 is 0 Å². The summed E-state index contributed by atoms with van der Waals surface area (Å²) in [7, 11) is -1.19. The summed E-state index contributed by atoms with van der Waals surface area (Å²) < 4.78 is 18.4. The highest BCUT2D eigenvalue weighted by Gasteiger charge is 2.57. The topological polar surface area (TPSA) is 84.4 Å². The molecule has 7 heteroatoms. The second-order valence-electron chi connectivity index (χ2n) is 6.63. The number of rotatable bonds is 4. The van der Waals surface area contributed by atoms with E-state index in [1.807, 2.05) is 24.3 Å². The van der Waals surface area contributed by atoms with Gasteiger partial charge in [-0.3, -0.25) is 14.1 Å². The van der Waals surface area contributed by atoms with Crippen LogP contribution in [-0.4, -0.2) is 38.4 Å². The van der Waals surface area contributed by atoms with E-state index in [2.05, 4.69) is 17.1 Å². The maximum atomic E-state index is 13.1. The van der Waals surface area contributed by atoms with E-state index in [1.165, 1.54) is 0 Å². The van der Waals surface area contributed by atoms with Gasteiger partial charge in [0.15, 0.2) is 5.82 Å². The summed E-state index contributed by atoms with van der Waals surface area (Å²) in [5.74, 6) is 0.105. The Kier molecular flexibility index (Phi) is 4.26. The van der Waals surface area contributed by atoms with E-state index in [4.69, 9.17) is 9.73 Å². The maximum absolute atomic E-state index is 13.1. The summed E-state index contributed by atoms with van der Waals surface area (Å²) in [6.45, 7) is 4.16. The number of ether oxygens (including phenoxy) is 1. The zero-order valence-corrected chi connectivity index (χ0v) is 15.6. The molecule has 3 atom stereocenters. The molecule has 0 aliphatic carbocycles. The molecule has 1 aromatic carbocycles. The number of nitrogens with zero attached hydrogens (tertiary/aromatic N) is 2. The number of carbonyl (C=O) groups is 1. The first-order valence-corrected chi connectivity index (χ1v) is 10.2. The van der Waals surface area contributed by atoms with Crippen molar-refractivity contribution in [1.82, 2.24) is 10.2 Å². The number of aromatic nitrogens is 2. The van der Waals surface area contributed by atoms with Gasteiger partial charge in [-0.05, 0) is 25.0 Å². The van der Waals surface area contributed by atoms with Crippen molar-refractivity contribution in [3.8, 4) is 0 Å². The van der Waals surface area contributed by atoms with Crippen LogP contribution < -0.4 is 0 Å². The first-order chi connectivity index (χ1) is 12.6. The van der Waals surface area contributed by atoms with E-state index in [0.717, 1.165) is 28.2 Å². The minimum Gasteiger partial charge on any atom is -0.465 e. The Bertz CT molecular complexity index is 920. The molecular weight excluding hydrogens is 350 g/mol. The van der Waals surface area contributed by atoms with Crippen molar-refractivity contribution in [2.75, 3.05) is 12.4 Å². The Labute approximate surface area is 154 Å². The molecule has 0 radical (unpaired) electrons. The van der Waals surface area contributed by atoms with E-state index in [9.17, 15) is 9.00 Å². The molecule has 0 fully saturated rings. The van der Waals surface area contributed by atoms with Gasteiger partial charge in [-0.2, -0.15) is 5.10 Å². The first kappa shape index (κ1) is 17.1. The van der Waals surface area contributed by atoms with E-state index >= 15 is 0 Å². The Morgan fingerprint density at radius 2 is 2.15 bits per heavy atom. The van der Waals surface area contributed by atoms with Gasteiger partial charge in [0.25, 0.3) is 0 Å². The largest absolute Gasteiger partial charge is 0.465 e. The fourth-order valence-corrected chi connectivity index (χ4v) is 5.99. The minimum absolute atomic E-state index is 0.299. The summed E-state index contributed by atoms with van der Waals surface area (Å²) >= 11 is 0. The fraction of sp³-hybridized carbons (Fsp3) is 0.421. The van der Waals surface area contributed by atoms with Gasteiger partial charge in [0.2, 0.25) is 0 Å². The molecule has 0 amide bonds. The molecule has 3 heterocycles.